The first-order valence-corrected chi connectivity index (χ1v) is 7.90. The minimum atomic E-state index is -0.0909. The molecule has 0 spiro atoms. The number of methoxy groups -OCH3 is 1. The number of fused-ring (bicyclic) bond motifs is 1. The fourth-order valence-corrected chi connectivity index (χ4v) is 3.28. The van der Waals surface area contributed by atoms with E-state index in [-0.39, 0.29) is 11.9 Å². The maximum absolute atomic E-state index is 6.37. The molecule has 7 heteroatoms. The van der Waals surface area contributed by atoms with E-state index in [0.717, 1.165) is 34.0 Å². The van der Waals surface area contributed by atoms with Crippen molar-refractivity contribution in [2.45, 2.75) is 18.8 Å². The molecule has 2 aromatic rings. The maximum atomic E-state index is 6.37. The van der Waals surface area contributed by atoms with Crippen LogP contribution in [0.15, 0.2) is 46.7 Å². The predicted molar refractivity (Wildman–Crippen MR) is 95.6 cm³/mol. The summed E-state index contributed by atoms with van der Waals surface area (Å²) in [5.74, 6) is 0.771. The lowest BCUT2D eigenvalue weighted by atomic mass is 9.81. The van der Waals surface area contributed by atoms with Crippen molar-refractivity contribution >= 4 is 23.3 Å². The first-order chi connectivity index (χ1) is 11.6. The van der Waals surface area contributed by atoms with Crippen LogP contribution in [0.2, 0.25) is 5.02 Å². The molecule has 4 N–H and O–H groups in total. The molecule has 0 fully saturated rings. The highest BCUT2D eigenvalue weighted by Gasteiger charge is 2.29. The van der Waals surface area contributed by atoms with Gasteiger partial charge in [-0.15, -0.1) is 5.10 Å². The fraction of sp³-hybridized carbons (Fsp3) is 0.235. The summed E-state index contributed by atoms with van der Waals surface area (Å²) < 4.78 is 5.46. The molecular weight excluding hydrogens is 326 g/mol. The average molecular weight is 344 g/mol. The Bertz CT molecular complexity index is 814. The molecule has 124 valence electrons. The van der Waals surface area contributed by atoms with Gasteiger partial charge in [-0.05, 0) is 36.5 Å². The fourth-order valence-electron chi connectivity index (χ4n) is 2.99. The molecule has 24 heavy (non-hydrogen) atoms. The SMILES string of the molecule is COc1ccnc2c1C(=NN=C(N)N)CC(c1ccccc1Cl)C2. The van der Waals surface area contributed by atoms with Gasteiger partial charge in [0.25, 0.3) is 0 Å². The second-order valence-corrected chi connectivity index (χ2v) is 5.94. The van der Waals surface area contributed by atoms with Crippen LogP contribution in [0.3, 0.4) is 0 Å². The van der Waals surface area contributed by atoms with Gasteiger partial charge in [-0.2, -0.15) is 5.10 Å². The molecule has 0 aliphatic heterocycles. The van der Waals surface area contributed by atoms with Crippen molar-refractivity contribution in [3.63, 3.8) is 0 Å². The van der Waals surface area contributed by atoms with E-state index in [0.29, 0.717) is 12.2 Å². The average Bonchev–Trinajstić information content (AvgIpc) is 2.59. The lowest BCUT2D eigenvalue weighted by molar-refractivity contribution is 0.411. The number of benzene rings is 1. The molecule has 1 unspecified atom stereocenters. The number of guanidine groups is 1. The van der Waals surface area contributed by atoms with E-state index in [2.05, 4.69) is 15.2 Å². The number of ether oxygens (including phenoxy) is 1. The van der Waals surface area contributed by atoms with Crippen molar-refractivity contribution in [2.75, 3.05) is 7.11 Å². The topological polar surface area (TPSA) is 98.9 Å². The summed E-state index contributed by atoms with van der Waals surface area (Å²) in [6, 6.07) is 9.61. The Balaban J connectivity index is 2.10. The lowest BCUT2D eigenvalue weighted by Gasteiger charge is -2.26. The van der Waals surface area contributed by atoms with Crippen LogP contribution in [-0.4, -0.2) is 23.8 Å². The van der Waals surface area contributed by atoms with Gasteiger partial charge in [-0.25, -0.2) is 0 Å². The molecule has 1 aromatic carbocycles. The van der Waals surface area contributed by atoms with Gasteiger partial charge < -0.3 is 16.2 Å². The van der Waals surface area contributed by atoms with Crippen LogP contribution in [0.5, 0.6) is 5.75 Å². The van der Waals surface area contributed by atoms with Crippen molar-refractivity contribution < 1.29 is 4.74 Å². The van der Waals surface area contributed by atoms with E-state index in [1.807, 2.05) is 24.3 Å². The van der Waals surface area contributed by atoms with Crippen LogP contribution in [0, 0.1) is 0 Å². The maximum Gasteiger partial charge on any atom is 0.211 e. The number of rotatable bonds is 3. The monoisotopic (exact) mass is 343 g/mol. The first kappa shape index (κ1) is 16.3. The molecule has 0 saturated carbocycles. The molecule has 1 aromatic heterocycles. The largest absolute Gasteiger partial charge is 0.496 e. The number of pyridine rings is 1. The summed E-state index contributed by atoms with van der Waals surface area (Å²) in [5.41, 5.74) is 14.4. The molecule has 0 radical (unpaired) electrons. The summed E-state index contributed by atoms with van der Waals surface area (Å²) in [6.45, 7) is 0. The summed E-state index contributed by atoms with van der Waals surface area (Å²) in [5, 5.41) is 8.78. The van der Waals surface area contributed by atoms with Gasteiger partial charge in [0.2, 0.25) is 5.96 Å². The molecule has 1 aliphatic rings. The zero-order valence-electron chi connectivity index (χ0n) is 13.2. The van der Waals surface area contributed by atoms with E-state index in [1.165, 1.54) is 0 Å². The molecule has 1 aliphatic carbocycles. The van der Waals surface area contributed by atoms with Gasteiger partial charge >= 0.3 is 0 Å². The van der Waals surface area contributed by atoms with E-state index in [4.69, 9.17) is 27.8 Å². The third-order valence-corrected chi connectivity index (χ3v) is 4.35. The van der Waals surface area contributed by atoms with Crippen LogP contribution in [0.4, 0.5) is 0 Å². The molecule has 1 atom stereocenters. The molecule has 0 saturated heterocycles. The summed E-state index contributed by atoms with van der Waals surface area (Å²) in [4.78, 5) is 4.50. The van der Waals surface area contributed by atoms with Crippen molar-refractivity contribution in [1.29, 1.82) is 0 Å². The molecule has 3 rings (SSSR count). The number of aromatic nitrogens is 1. The quantitative estimate of drug-likeness (QED) is 0.508. The molecule has 0 bridgehead atoms. The minimum Gasteiger partial charge on any atom is -0.496 e. The van der Waals surface area contributed by atoms with E-state index in [1.54, 1.807) is 19.4 Å². The van der Waals surface area contributed by atoms with Gasteiger partial charge in [0.05, 0.1) is 24.1 Å². The van der Waals surface area contributed by atoms with Gasteiger partial charge in [0.1, 0.15) is 5.75 Å². The van der Waals surface area contributed by atoms with Gasteiger partial charge in [-0.1, -0.05) is 29.8 Å². The summed E-state index contributed by atoms with van der Waals surface area (Å²) >= 11 is 6.37. The zero-order chi connectivity index (χ0) is 17.1. The minimum absolute atomic E-state index is 0.0909. The normalized spacial score (nSPS) is 18.1. The zero-order valence-corrected chi connectivity index (χ0v) is 14.0. The highest BCUT2D eigenvalue weighted by Crippen LogP contribution is 2.38. The van der Waals surface area contributed by atoms with Crippen molar-refractivity contribution in [3.05, 3.63) is 58.4 Å². The standard InChI is InChI=1S/C17H18ClN5O/c1-24-15-6-7-21-13-8-10(11-4-2-3-5-12(11)18)9-14(16(13)15)22-23-17(19)20/h2-7,10H,8-9H2,1H3,(H4,19,20,23). The third-order valence-electron chi connectivity index (χ3n) is 4.01. The van der Waals surface area contributed by atoms with Crippen LogP contribution in [0.25, 0.3) is 0 Å². The van der Waals surface area contributed by atoms with Crippen molar-refractivity contribution in [3.8, 4) is 5.75 Å². The second kappa shape index (κ2) is 6.88. The predicted octanol–water partition coefficient (Wildman–Crippen LogP) is 2.45. The Morgan fingerprint density at radius 1 is 1.25 bits per heavy atom. The molecular formula is C17H18ClN5O. The molecule has 1 heterocycles. The molecule has 0 amide bonds. The summed E-state index contributed by atoms with van der Waals surface area (Å²) in [6.07, 6.45) is 3.12. The van der Waals surface area contributed by atoms with E-state index >= 15 is 0 Å². The Hall–Kier alpha value is -2.60. The number of hydrogen-bond acceptors (Lipinski definition) is 4. The third kappa shape index (κ3) is 3.19. The van der Waals surface area contributed by atoms with Crippen LogP contribution >= 0.6 is 11.6 Å². The van der Waals surface area contributed by atoms with Gasteiger partial charge in [-0.3, -0.25) is 4.98 Å². The van der Waals surface area contributed by atoms with Crippen molar-refractivity contribution in [2.24, 2.45) is 21.7 Å². The lowest BCUT2D eigenvalue weighted by Crippen LogP contribution is -2.24. The Labute approximate surface area is 145 Å². The van der Waals surface area contributed by atoms with E-state index in [9.17, 15) is 0 Å². The molecule has 6 nitrogen and oxygen atoms in total. The Morgan fingerprint density at radius 3 is 2.75 bits per heavy atom. The number of hydrogen-bond donors (Lipinski definition) is 2. The van der Waals surface area contributed by atoms with Crippen LogP contribution in [0.1, 0.15) is 29.2 Å². The second-order valence-electron chi connectivity index (χ2n) is 5.53. The number of nitrogens with zero attached hydrogens (tertiary/aromatic N) is 3. The van der Waals surface area contributed by atoms with Crippen molar-refractivity contribution in [1.82, 2.24) is 4.98 Å². The number of halogens is 1. The number of nitrogens with two attached hydrogens (primary N) is 2. The van der Waals surface area contributed by atoms with Gasteiger partial charge in [0.15, 0.2) is 0 Å². The summed E-state index contributed by atoms with van der Waals surface area (Å²) in [7, 11) is 1.62. The first-order valence-electron chi connectivity index (χ1n) is 7.52. The highest BCUT2D eigenvalue weighted by molar-refractivity contribution is 6.31. The van der Waals surface area contributed by atoms with Crippen LogP contribution in [-0.2, 0) is 6.42 Å². The van der Waals surface area contributed by atoms with Gasteiger partial charge in [0, 0.05) is 11.2 Å². The highest BCUT2D eigenvalue weighted by atomic mass is 35.5. The van der Waals surface area contributed by atoms with E-state index < -0.39 is 0 Å². The smallest absolute Gasteiger partial charge is 0.211 e. The Morgan fingerprint density at radius 2 is 2.04 bits per heavy atom. The Kier molecular flexibility index (Phi) is 4.66. The van der Waals surface area contributed by atoms with Crippen LogP contribution < -0.4 is 16.2 Å².